The van der Waals surface area contributed by atoms with Gasteiger partial charge in [0, 0.05) is 14.2 Å². The van der Waals surface area contributed by atoms with E-state index < -0.39 is 5.69 Å². The topological polar surface area (TPSA) is 18.5 Å². The molecule has 0 spiro atoms. The van der Waals surface area contributed by atoms with E-state index in [1.165, 1.54) is 11.4 Å². The Morgan fingerprint density at radius 2 is 2.00 bits per heavy atom. The van der Waals surface area contributed by atoms with Crippen molar-refractivity contribution in [2.45, 2.75) is 13.3 Å². The van der Waals surface area contributed by atoms with Gasteiger partial charge in [0.05, 0.1) is 0 Å². The highest BCUT2D eigenvalue weighted by Crippen LogP contribution is 2.60. The summed E-state index contributed by atoms with van der Waals surface area (Å²) in [7, 11) is 3.16. The van der Waals surface area contributed by atoms with Crippen LogP contribution in [0.4, 0.5) is 0 Å². The zero-order valence-electron chi connectivity index (χ0n) is 6.94. The smallest absolute Gasteiger partial charge is 0.250 e. The molecule has 0 aliphatic heterocycles. The first-order valence-electron chi connectivity index (χ1n) is 3.23. The van der Waals surface area contributed by atoms with Gasteiger partial charge >= 0.3 is 0 Å². The van der Waals surface area contributed by atoms with Crippen LogP contribution in [0.15, 0.2) is 11.5 Å². The van der Waals surface area contributed by atoms with Gasteiger partial charge < -0.3 is 9.05 Å². The summed E-state index contributed by atoms with van der Waals surface area (Å²) in [5, 5.41) is 1.94. The van der Waals surface area contributed by atoms with Crippen molar-refractivity contribution in [2.24, 2.45) is 0 Å². The molecule has 0 aromatic rings. The summed E-state index contributed by atoms with van der Waals surface area (Å²) in [5.41, 5.74) is -2.05. The van der Waals surface area contributed by atoms with Gasteiger partial charge in [0.15, 0.2) is 0 Å². The van der Waals surface area contributed by atoms with Gasteiger partial charge in [-0.3, -0.25) is 0 Å². The summed E-state index contributed by atoms with van der Waals surface area (Å²) in [4.78, 5) is 0. The molecule has 0 saturated carbocycles. The van der Waals surface area contributed by atoms with Gasteiger partial charge in [-0.15, -0.1) is 0 Å². The third-order valence-corrected chi connectivity index (χ3v) is 6.14. The van der Waals surface area contributed by atoms with E-state index in [9.17, 15) is 0 Å². The fraction of sp³-hybridized carbons (Fsp3) is 0.667. The minimum Gasteiger partial charge on any atom is -0.325 e. The SMILES string of the molecule is CCC=CSP(=S)(OC)OC. The normalized spacial score (nSPS) is 12.6. The maximum Gasteiger partial charge on any atom is 0.250 e. The standard InChI is InChI=1S/C6H13O2PS2/c1-4-5-6-11-9(10,7-2)8-3/h5-6H,4H2,1-3H3. The average Bonchev–Trinajstić information content (AvgIpc) is 2.05. The van der Waals surface area contributed by atoms with Crippen LogP contribution in [-0.4, -0.2) is 14.2 Å². The number of hydrogen-bond acceptors (Lipinski definition) is 4. The van der Waals surface area contributed by atoms with Crippen LogP contribution in [0.5, 0.6) is 0 Å². The lowest BCUT2D eigenvalue weighted by atomic mass is 10.5. The molecule has 0 saturated heterocycles. The summed E-state index contributed by atoms with van der Waals surface area (Å²) in [5.74, 6) is 0. The van der Waals surface area contributed by atoms with Gasteiger partial charge in [-0.2, -0.15) is 0 Å². The molecule has 5 heteroatoms. The summed E-state index contributed by atoms with van der Waals surface area (Å²) < 4.78 is 10.1. The van der Waals surface area contributed by atoms with E-state index in [0.717, 1.165) is 6.42 Å². The summed E-state index contributed by atoms with van der Waals surface area (Å²) in [6, 6.07) is 0. The molecule has 0 rings (SSSR count). The Bertz CT molecular complexity index is 162. The fourth-order valence-corrected chi connectivity index (χ4v) is 2.79. The second-order valence-corrected chi connectivity index (χ2v) is 8.02. The van der Waals surface area contributed by atoms with Crippen LogP contribution in [-0.2, 0) is 20.9 Å². The molecule has 0 aromatic heterocycles. The summed E-state index contributed by atoms with van der Waals surface area (Å²) in [6.07, 6.45) is 3.04. The largest absolute Gasteiger partial charge is 0.325 e. The molecule has 0 N–H and O–H groups in total. The predicted molar refractivity (Wildman–Crippen MR) is 55.3 cm³/mol. The van der Waals surface area contributed by atoms with E-state index in [2.05, 4.69) is 6.92 Å². The van der Waals surface area contributed by atoms with Crippen molar-refractivity contribution in [3.8, 4) is 0 Å². The van der Waals surface area contributed by atoms with Crippen LogP contribution in [0.3, 0.4) is 0 Å². The quantitative estimate of drug-likeness (QED) is 0.651. The zero-order chi connectivity index (χ0) is 8.74. The maximum atomic E-state index is 5.10. The summed E-state index contributed by atoms with van der Waals surface area (Å²) in [6.45, 7) is 2.07. The number of hydrogen-bond donors (Lipinski definition) is 0. The second kappa shape index (κ2) is 6.21. The van der Waals surface area contributed by atoms with Gasteiger partial charge in [-0.05, 0) is 35.0 Å². The van der Waals surface area contributed by atoms with Crippen molar-refractivity contribution in [3.05, 3.63) is 11.5 Å². The lowest BCUT2D eigenvalue weighted by Gasteiger charge is -2.13. The van der Waals surface area contributed by atoms with Gasteiger partial charge in [-0.1, -0.05) is 13.0 Å². The van der Waals surface area contributed by atoms with Crippen molar-refractivity contribution in [2.75, 3.05) is 14.2 Å². The molecule has 0 heterocycles. The molecular formula is C6H13O2PS2. The average molecular weight is 212 g/mol. The first kappa shape index (κ1) is 11.7. The Morgan fingerprint density at radius 3 is 2.36 bits per heavy atom. The van der Waals surface area contributed by atoms with Crippen molar-refractivity contribution in [3.63, 3.8) is 0 Å². The fourth-order valence-electron chi connectivity index (χ4n) is 0.374. The highest BCUT2D eigenvalue weighted by Gasteiger charge is 2.12. The van der Waals surface area contributed by atoms with E-state index >= 15 is 0 Å². The minimum absolute atomic E-state index is 1.01. The Morgan fingerprint density at radius 1 is 1.45 bits per heavy atom. The highest BCUT2D eigenvalue weighted by atomic mass is 32.9. The van der Waals surface area contributed by atoms with E-state index in [1.807, 2.05) is 11.5 Å². The summed E-state index contributed by atoms with van der Waals surface area (Å²) >= 11 is 6.55. The van der Waals surface area contributed by atoms with E-state index in [-0.39, 0.29) is 0 Å². The molecule has 0 aliphatic rings. The van der Waals surface area contributed by atoms with Crippen LogP contribution in [0.2, 0.25) is 0 Å². The molecule has 0 amide bonds. The van der Waals surface area contributed by atoms with Crippen molar-refractivity contribution >= 4 is 28.9 Å². The molecule has 0 atom stereocenters. The Kier molecular flexibility index (Phi) is 6.58. The van der Waals surface area contributed by atoms with Crippen molar-refractivity contribution in [1.29, 1.82) is 0 Å². The van der Waals surface area contributed by atoms with E-state index in [0.29, 0.717) is 0 Å². The number of allylic oxidation sites excluding steroid dienone is 1. The molecule has 11 heavy (non-hydrogen) atoms. The Balaban J connectivity index is 3.88. The lowest BCUT2D eigenvalue weighted by molar-refractivity contribution is 0.354. The minimum atomic E-state index is -2.05. The molecule has 0 fully saturated rings. The molecule has 0 radical (unpaired) electrons. The van der Waals surface area contributed by atoms with E-state index in [4.69, 9.17) is 20.9 Å². The van der Waals surface area contributed by atoms with Gasteiger partial charge in [0.1, 0.15) is 0 Å². The van der Waals surface area contributed by atoms with Crippen LogP contribution in [0.25, 0.3) is 0 Å². The van der Waals surface area contributed by atoms with Crippen LogP contribution >= 0.6 is 17.1 Å². The van der Waals surface area contributed by atoms with Crippen LogP contribution in [0.1, 0.15) is 13.3 Å². The molecule has 0 aromatic carbocycles. The van der Waals surface area contributed by atoms with Crippen molar-refractivity contribution < 1.29 is 9.05 Å². The van der Waals surface area contributed by atoms with Gasteiger partial charge in [0.2, 0.25) is 0 Å². The molecule has 66 valence electrons. The Hall–Kier alpha value is 0.660. The molecule has 0 unspecified atom stereocenters. The number of rotatable bonds is 5. The monoisotopic (exact) mass is 212 g/mol. The predicted octanol–water partition coefficient (Wildman–Crippen LogP) is 3.16. The first-order chi connectivity index (χ1) is 5.18. The lowest BCUT2D eigenvalue weighted by Crippen LogP contribution is -1.79. The molecule has 2 nitrogen and oxygen atoms in total. The van der Waals surface area contributed by atoms with Crippen LogP contribution in [0, 0.1) is 0 Å². The third kappa shape index (κ3) is 4.99. The Labute approximate surface area is 77.3 Å². The molecule has 0 bridgehead atoms. The molecular weight excluding hydrogens is 199 g/mol. The third-order valence-electron chi connectivity index (χ3n) is 0.969. The van der Waals surface area contributed by atoms with Gasteiger partial charge in [-0.25, -0.2) is 0 Å². The molecule has 0 aliphatic carbocycles. The second-order valence-electron chi connectivity index (χ2n) is 1.70. The highest BCUT2D eigenvalue weighted by molar-refractivity contribution is 8.69. The van der Waals surface area contributed by atoms with E-state index in [1.54, 1.807) is 14.2 Å². The van der Waals surface area contributed by atoms with Crippen LogP contribution < -0.4 is 0 Å². The van der Waals surface area contributed by atoms with Crippen molar-refractivity contribution in [1.82, 2.24) is 0 Å². The maximum absolute atomic E-state index is 5.10. The van der Waals surface area contributed by atoms with Gasteiger partial charge in [0.25, 0.3) is 5.69 Å². The first-order valence-corrected chi connectivity index (χ1v) is 7.35. The zero-order valence-corrected chi connectivity index (χ0v) is 9.47.